The maximum Gasteiger partial charge on any atom is 0.222 e. The van der Waals surface area contributed by atoms with Crippen LogP contribution in [0.1, 0.15) is 0 Å². The van der Waals surface area contributed by atoms with Crippen molar-refractivity contribution in [3.63, 3.8) is 0 Å². The van der Waals surface area contributed by atoms with Gasteiger partial charge in [-0.05, 0) is 12.1 Å². The molecule has 0 aliphatic heterocycles. The van der Waals surface area contributed by atoms with Crippen LogP contribution in [-0.2, 0) is 7.05 Å². The number of ether oxygens (including phenoxy) is 1. The van der Waals surface area contributed by atoms with Crippen LogP contribution in [0.3, 0.4) is 0 Å². The van der Waals surface area contributed by atoms with Crippen molar-refractivity contribution in [2.75, 3.05) is 5.73 Å². The molecular formula is C14H13N5O. The van der Waals surface area contributed by atoms with E-state index in [1.54, 1.807) is 24.5 Å². The summed E-state index contributed by atoms with van der Waals surface area (Å²) in [6.45, 7) is 0. The molecule has 2 heterocycles. The van der Waals surface area contributed by atoms with Gasteiger partial charge in [-0.2, -0.15) is 0 Å². The van der Waals surface area contributed by atoms with E-state index in [9.17, 15) is 0 Å². The monoisotopic (exact) mass is 267 g/mol. The van der Waals surface area contributed by atoms with Gasteiger partial charge in [-0.15, -0.1) is 0 Å². The molecule has 0 amide bonds. The average Bonchev–Trinajstić information content (AvgIpc) is 2.86. The Kier molecular flexibility index (Phi) is 3.04. The molecule has 6 nitrogen and oxygen atoms in total. The number of rotatable bonds is 3. The van der Waals surface area contributed by atoms with Gasteiger partial charge in [-0.1, -0.05) is 6.07 Å². The van der Waals surface area contributed by atoms with Crippen LogP contribution in [0.4, 0.5) is 5.69 Å². The maximum atomic E-state index is 5.71. The minimum absolute atomic E-state index is 0.450. The zero-order valence-corrected chi connectivity index (χ0v) is 10.9. The Balaban J connectivity index is 1.88. The van der Waals surface area contributed by atoms with Crippen molar-refractivity contribution in [3.8, 4) is 23.0 Å². The lowest BCUT2D eigenvalue weighted by atomic mass is 10.3. The van der Waals surface area contributed by atoms with Crippen molar-refractivity contribution in [3.05, 3.63) is 49.2 Å². The highest BCUT2D eigenvalue weighted by Gasteiger charge is 2.06. The van der Waals surface area contributed by atoms with Gasteiger partial charge >= 0.3 is 0 Å². The summed E-state index contributed by atoms with van der Waals surface area (Å²) in [5.41, 5.74) is 7.83. The Morgan fingerprint density at radius 3 is 2.75 bits per heavy atom. The van der Waals surface area contributed by atoms with E-state index in [4.69, 9.17) is 10.5 Å². The number of nitrogens with zero attached hydrogens (tertiary/aromatic N) is 4. The third kappa shape index (κ3) is 2.59. The molecule has 100 valence electrons. The third-order valence-electron chi connectivity index (χ3n) is 2.69. The molecule has 6 heteroatoms. The summed E-state index contributed by atoms with van der Waals surface area (Å²) in [5, 5.41) is 0. The van der Waals surface area contributed by atoms with Gasteiger partial charge in [0.15, 0.2) is 0 Å². The summed E-state index contributed by atoms with van der Waals surface area (Å²) in [6.07, 6.45) is 5.05. The number of benzene rings is 1. The number of nitrogens with two attached hydrogens (primary N) is 1. The second kappa shape index (κ2) is 5.00. The van der Waals surface area contributed by atoms with Gasteiger partial charge in [0.2, 0.25) is 5.88 Å². The zero-order chi connectivity index (χ0) is 13.9. The summed E-state index contributed by atoms with van der Waals surface area (Å²) in [5.74, 6) is 1.09. The summed E-state index contributed by atoms with van der Waals surface area (Å²) in [7, 11) is 1.90. The molecule has 0 fully saturated rings. The minimum atomic E-state index is 0.450. The largest absolute Gasteiger partial charge is 0.439 e. The summed E-state index contributed by atoms with van der Waals surface area (Å²) in [6, 6.07) is 8.92. The van der Waals surface area contributed by atoms with Crippen LogP contribution in [0.15, 0.2) is 49.2 Å². The van der Waals surface area contributed by atoms with E-state index < -0.39 is 0 Å². The average molecular weight is 267 g/mol. The van der Waals surface area contributed by atoms with E-state index in [1.165, 1.54) is 6.33 Å². The van der Waals surface area contributed by atoms with E-state index in [-0.39, 0.29) is 0 Å². The van der Waals surface area contributed by atoms with Gasteiger partial charge in [-0.25, -0.2) is 15.0 Å². The van der Waals surface area contributed by atoms with Gasteiger partial charge in [0, 0.05) is 31.1 Å². The van der Waals surface area contributed by atoms with E-state index in [0.717, 1.165) is 5.69 Å². The van der Waals surface area contributed by atoms with Crippen molar-refractivity contribution in [1.82, 2.24) is 19.5 Å². The van der Waals surface area contributed by atoms with Crippen molar-refractivity contribution in [2.24, 2.45) is 7.05 Å². The summed E-state index contributed by atoms with van der Waals surface area (Å²) >= 11 is 0. The maximum absolute atomic E-state index is 5.71. The fourth-order valence-electron chi connectivity index (χ4n) is 1.78. The van der Waals surface area contributed by atoms with Crippen molar-refractivity contribution in [1.29, 1.82) is 0 Å². The standard InChI is InChI=1S/C14H13N5O/c1-19-7-13(18-9-19)12-6-14(17-8-16-12)20-11-4-2-3-10(15)5-11/h2-9H,15H2,1H3. The second-order valence-corrected chi connectivity index (χ2v) is 4.34. The third-order valence-corrected chi connectivity index (χ3v) is 2.69. The van der Waals surface area contributed by atoms with Gasteiger partial charge in [0.1, 0.15) is 17.8 Å². The minimum Gasteiger partial charge on any atom is -0.439 e. The highest BCUT2D eigenvalue weighted by atomic mass is 16.5. The predicted octanol–water partition coefficient (Wildman–Crippen LogP) is 2.25. The highest BCUT2D eigenvalue weighted by Crippen LogP contribution is 2.23. The summed E-state index contributed by atoms with van der Waals surface area (Å²) < 4.78 is 7.52. The molecular weight excluding hydrogens is 254 g/mol. The van der Waals surface area contributed by atoms with E-state index in [2.05, 4.69) is 15.0 Å². The van der Waals surface area contributed by atoms with Gasteiger partial charge in [-0.3, -0.25) is 0 Å². The van der Waals surface area contributed by atoms with Crippen molar-refractivity contribution < 1.29 is 4.74 Å². The van der Waals surface area contributed by atoms with Gasteiger partial charge in [0.05, 0.1) is 12.0 Å². The molecule has 3 aromatic rings. The molecule has 0 saturated heterocycles. The van der Waals surface area contributed by atoms with Crippen molar-refractivity contribution >= 4 is 5.69 Å². The molecule has 0 unspecified atom stereocenters. The molecule has 0 atom stereocenters. The Bertz CT molecular complexity index is 738. The molecule has 0 bridgehead atoms. The second-order valence-electron chi connectivity index (χ2n) is 4.34. The fraction of sp³-hybridized carbons (Fsp3) is 0.0714. The Labute approximate surface area is 115 Å². The number of hydrogen-bond donors (Lipinski definition) is 1. The molecule has 0 aliphatic carbocycles. The number of anilines is 1. The quantitative estimate of drug-likeness (QED) is 0.736. The smallest absolute Gasteiger partial charge is 0.222 e. The van der Waals surface area contributed by atoms with Crippen LogP contribution in [0.25, 0.3) is 11.4 Å². The first kappa shape index (κ1) is 12.2. The molecule has 1 aromatic carbocycles. The molecule has 20 heavy (non-hydrogen) atoms. The number of nitrogen functional groups attached to an aromatic ring is 1. The predicted molar refractivity (Wildman–Crippen MR) is 75.2 cm³/mol. The first-order valence-corrected chi connectivity index (χ1v) is 6.04. The molecule has 0 aliphatic rings. The molecule has 2 aromatic heterocycles. The zero-order valence-electron chi connectivity index (χ0n) is 10.9. The first-order valence-electron chi connectivity index (χ1n) is 6.04. The fourth-order valence-corrected chi connectivity index (χ4v) is 1.78. The lowest BCUT2D eigenvalue weighted by Gasteiger charge is -2.05. The number of imidazole rings is 1. The lowest BCUT2D eigenvalue weighted by molar-refractivity contribution is 0.462. The normalized spacial score (nSPS) is 10.4. The van der Waals surface area contributed by atoms with Crippen LogP contribution < -0.4 is 10.5 Å². The Morgan fingerprint density at radius 1 is 1.10 bits per heavy atom. The molecule has 0 radical (unpaired) electrons. The van der Waals surface area contributed by atoms with Crippen LogP contribution in [-0.4, -0.2) is 19.5 Å². The Morgan fingerprint density at radius 2 is 2.00 bits per heavy atom. The molecule has 2 N–H and O–H groups in total. The number of aromatic nitrogens is 4. The van der Waals surface area contributed by atoms with Crippen LogP contribution in [0, 0.1) is 0 Å². The molecule has 0 saturated carbocycles. The van der Waals surface area contributed by atoms with Gasteiger partial charge < -0.3 is 15.0 Å². The first-order chi connectivity index (χ1) is 9.70. The van der Waals surface area contributed by atoms with Gasteiger partial charge in [0.25, 0.3) is 0 Å². The topological polar surface area (TPSA) is 78.9 Å². The van der Waals surface area contributed by atoms with E-state index >= 15 is 0 Å². The molecule has 0 spiro atoms. The van der Waals surface area contributed by atoms with E-state index in [1.807, 2.05) is 29.9 Å². The highest BCUT2D eigenvalue weighted by molar-refractivity contribution is 5.54. The Hall–Kier alpha value is -2.89. The SMILES string of the molecule is Cn1cnc(-c2cc(Oc3cccc(N)c3)ncn2)c1. The van der Waals surface area contributed by atoms with Crippen LogP contribution in [0.2, 0.25) is 0 Å². The van der Waals surface area contributed by atoms with Crippen LogP contribution in [0.5, 0.6) is 11.6 Å². The number of aryl methyl sites for hydroxylation is 1. The number of hydrogen-bond acceptors (Lipinski definition) is 5. The lowest BCUT2D eigenvalue weighted by Crippen LogP contribution is -1.92. The summed E-state index contributed by atoms with van der Waals surface area (Å²) in [4.78, 5) is 12.5. The van der Waals surface area contributed by atoms with Crippen LogP contribution >= 0.6 is 0 Å². The van der Waals surface area contributed by atoms with Crippen molar-refractivity contribution in [2.45, 2.75) is 0 Å². The molecule has 3 rings (SSSR count). The van der Waals surface area contributed by atoms with E-state index in [0.29, 0.717) is 23.0 Å².